The highest BCUT2D eigenvalue weighted by Gasteiger charge is 2.26. The summed E-state index contributed by atoms with van der Waals surface area (Å²) < 4.78 is 28.2. The molecule has 26 heavy (non-hydrogen) atoms. The zero-order valence-electron chi connectivity index (χ0n) is 13.4. The van der Waals surface area contributed by atoms with Crippen LogP contribution in [0, 0.1) is 0 Å². The van der Waals surface area contributed by atoms with E-state index in [4.69, 9.17) is 5.21 Å². The summed E-state index contributed by atoms with van der Waals surface area (Å²) >= 11 is 3.24. The molecular weight excluding hydrogens is 422 g/mol. The van der Waals surface area contributed by atoms with Crippen LogP contribution in [0.2, 0.25) is 0 Å². The number of aromatic amines is 1. The fraction of sp³-hybridized carbons (Fsp3) is 0.118. The van der Waals surface area contributed by atoms with Gasteiger partial charge in [0.05, 0.1) is 4.90 Å². The first-order chi connectivity index (χ1) is 12.4. The normalized spacial score (nSPS) is 12.8. The maximum Gasteiger partial charge on any atom is 0.261 e. The van der Waals surface area contributed by atoms with Gasteiger partial charge in [-0.25, -0.2) is 13.9 Å². The highest BCUT2D eigenvalue weighted by Crippen LogP contribution is 2.20. The molecule has 0 bridgehead atoms. The van der Waals surface area contributed by atoms with Gasteiger partial charge in [0.1, 0.15) is 6.04 Å². The number of nitrogens with one attached hydrogen (secondary N) is 3. The van der Waals surface area contributed by atoms with Crippen LogP contribution in [0.1, 0.15) is 5.56 Å². The molecule has 0 saturated heterocycles. The number of rotatable bonds is 6. The van der Waals surface area contributed by atoms with Crippen LogP contribution in [0.25, 0.3) is 10.9 Å². The van der Waals surface area contributed by atoms with Crippen LogP contribution in [-0.2, 0) is 21.2 Å². The third-order valence-corrected chi connectivity index (χ3v) is 5.96. The van der Waals surface area contributed by atoms with Gasteiger partial charge in [0.15, 0.2) is 0 Å². The first kappa shape index (κ1) is 18.6. The largest absolute Gasteiger partial charge is 0.361 e. The summed E-state index contributed by atoms with van der Waals surface area (Å²) in [4.78, 5) is 15.1. The lowest BCUT2D eigenvalue weighted by Gasteiger charge is -2.17. The van der Waals surface area contributed by atoms with Crippen molar-refractivity contribution in [3.05, 3.63) is 64.8 Å². The molecule has 4 N–H and O–H groups in total. The first-order valence-electron chi connectivity index (χ1n) is 7.67. The van der Waals surface area contributed by atoms with Crippen LogP contribution in [-0.4, -0.2) is 30.6 Å². The first-order valence-corrected chi connectivity index (χ1v) is 9.95. The molecule has 0 spiro atoms. The van der Waals surface area contributed by atoms with Gasteiger partial charge in [-0.2, -0.15) is 4.72 Å². The number of para-hydroxylation sites is 1. The van der Waals surface area contributed by atoms with Crippen molar-refractivity contribution in [3.63, 3.8) is 0 Å². The van der Waals surface area contributed by atoms with Gasteiger partial charge in [-0.15, -0.1) is 0 Å². The van der Waals surface area contributed by atoms with E-state index in [1.165, 1.54) is 17.6 Å². The smallest absolute Gasteiger partial charge is 0.261 e. The highest BCUT2D eigenvalue weighted by molar-refractivity contribution is 9.10. The lowest BCUT2D eigenvalue weighted by Crippen LogP contribution is -2.47. The molecule has 0 aliphatic carbocycles. The number of carbonyl (C=O) groups is 1. The van der Waals surface area contributed by atoms with Crippen molar-refractivity contribution in [1.82, 2.24) is 15.2 Å². The number of benzene rings is 2. The van der Waals surface area contributed by atoms with Crippen molar-refractivity contribution in [1.29, 1.82) is 0 Å². The molecule has 2 aromatic carbocycles. The van der Waals surface area contributed by atoms with Gasteiger partial charge in [-0.1, -0.05) is 34.1 Å². The zero-order valence-corrected chi connectivity index (χ0v) is 15.8. The molecule has 136 valence electrons. The van der Waals surface area contributed by atoms with E-state index in [9.17, 15) is 13.2 Å². The standard InChI is InChI=1S/C17H16BrN3O4S/c18-12-5-7-13(8-6-12)26(24,25)21-16(17(22)20-23)9-11-10-19-15-4-2-1-3-14(11)15/h1-8,10,16,19,21,23H,9H2,(H,20,22). The predicted molar refractivity (Wildman–Crippen MR) is 100 cm³/mol. The molecule has 1 heterocycles. The second-order valence-corrected chi connectivity index (χ2v) is 8.30. The van der Waals surface area contributed by atoms with E-state index in [1.54, 1.807) is 18.3 Å². The van der Waals surface area contributed by atoms with Crippen molar-refractivity contribution in [2.45, 2.75) is 17.4 Å². The average molecular weight is 438 g/mol. The molecule has 1 amide bonds. The summed E-state index contributed by atoms with van der Waals surface area (Å²) in [6, 6.07) is 12.3. The van der Waals surface area contributed by atoms with Crippen molar-refractivity contribution in [2.75, 3.05) is 0 Å². The summed E-state index contributed by atoms with van der Waals surface area (Å²) in [6.45, 7) is 0. The summed E-state index contributed by atoms with van der Waals surface area (Å²) in [6.07, 6.45) is 1.79. The maximum absolute atomic E-state index is 12.6. The molecule has 3 rings (SSSR count). The maximum atomic E-state index is 12.6. The van der Waals surface area contributed by atoms with Crippen molar-refractivity contribution < 1.29 is 18.4 Å². The van der Waals surface area contributed by atoms with Crippen LogP contribution < -0.4 is 10.2 Å². The Morgan fingerprint density at radius 1 is 1.15 bits per heavy atom. The third kappa shape index (κ3) is 3.96. The average Bonchev–Trinajstić information content (AvgIpc) is 3.04. The van der Waals surface area contributed by atoms with Crippen LogP contribution in [0.4, 0.5) is 0 Å². The molecule has 0 saturated carbocycles. The fourth-order valence-corrected chi connectivity index (χ4v) is 4.12. The van der Waals surface area contributed by atoms with E-state index in [-0.39, 0.29) is 11.3 Å². The van der Waals surface area contributed by atoms with Crippen LogP contribution in [0.15, 0.2) is 64.1 Å². The lowest BCUT2D eigenvalue weighted by molar-refractivity contribution is -0.130. The molecule has 1 atom stereocenters. The third-order valence-electron chi connectivity index (χ3n) is 3.95. The van der Waals surface area contributed by atoms with E-state index < -0.39 is 22.0 Å². The predicted octanol–water partition coefficient (Wildman–Crippen LogP) is 2.33. The van der Waals surface area contributed by atoms with Gasteiger partial charge in [0.25, 0.3) is 5.91 Å². The summed E-state index contributed by atoms with van der Waals surface area (Å²) in [5, 5.41) is 9.88. The Morgan fingerprint density at radius 3 is 2.54 bits per heavy atom. The van der Waals surface area contributed by atoms with E-state index in [0.29, 0.717) is 0 Å². The van der Waals surface area contributed by atoms with Gasteiger partial charge >= 0.3 is 0 Å². The molecule has 9 heteroatoms. The van der Waals surface area contributed by atoms with Gasteiger partial charge < -0.3 is 4.98 Å². The van der Waals surface area contributed by atoms with Gasteiger partial charge in [-0.3, -0.25) is 10.0 Å². The fourth-order valence-electron chi connectivity index (χ4n) is 2.66. The second kappa shape index (κ2) is 7.58. The molecule has 7 nitrogen and oxygen atoms in total. The summed E-state index contributed by atoms with van der Waals surface area (Å²) in [5.41, 5.74) is 3.16. The number of amides is 1. The lowest BCUT2D eigenvalue weighted by atomic mass is 10.1. The minimum absolute atomic E-state index is 0.0235. The van der Waals surface area contributed by atoms with E-state index in [1.807, 2.05) is 24.3 Å². The van der Waals surface area contributed by atoms with E-state index >= 15 is 0 Å². The Labute approximate surface area is 158 Å². The molecule has 0 aliphatic heterocycles. The Bertz CT molecular complexity index is 1030. The molecular formula is C17H16BrN3O4S. The van der Waals surface area contributed by atoms with Crippen LogP contribution in [0.3, 0.4) is 0 Å². The number of H-pyrrole nitrogens is 1. The Balaban J connectivity index is 1.89. The number of hydrogen-bond acceptors (Lipinski definition) is 4. The molecule has 0 radical (unpaired) electrons. The molecule has 0 aliphatic rings. The highest BCUT2D eigenvalue weighted by atomic mass is 79.9. The summed E-state index contributed by atoms with van der Waals surface area (Å²) in [5.74, 6) is -0.837. The Hall–Kier alpha value is -2.20. The van der Waals surface area contributed by atoms with Gasteiger partial charge in [0.2, 0.25) is 10.0 Å². The number of hydrogen-bond donors (Lipinski definition) is 4. The van der Waals surface area contributed by atoms with Gasteiger partial charge in [-0.05, 0) is 42.3 Å². The number of sulfonamides is 1. The number of aromatic nitrogens is 1. The molecule has 1 unspecified atom stereocenters. The number of fused-ring (bicyclic) bond motifs is 1. The van der Waals surface area contributed by atoms with Gasteiger partial charge in [0, 0.05) is 21.6 Å². The van der Waals surface area contributed by atoms with Crippen molar-refractivity contribution >= 4 is 42.8 Å². The number of carbonyl (C=O) groups excluding carboxylic acids is 1. The van der Waals surface area contributed by atoms with E-state index in [0.717, 1.165) is 20.9 Å². The second-order valence-electron chi connectivity index (χ2n) is 5.67. The minimum Gasteiger partial charge on any atom is -0.361 e. The van der Waals surface area contributed by atoms with Crippen molar-refractivity contribution in [3.8, 4) is 0 Å². The number of hydroxylamine groups is 1. The van der Waals surface area contributed by atoms with Crippen molar-refractivity contribution in [2.24, 2.45) is 0 Å². The van der Waals surface area contributed by atoms with Crippen LogP contribution >= 0.6 is 15.9 Å². The quantitative estimate of drug-likeness (QED) is 0.350. The van der Waals surface area contributed by atoms with Crippen LogP contribution in [0.5, 0.6) is 0 Å². The molecule has 3 aromatic rings. The summed E-state index contributed by atoms with van der Waals surface area (Å²) in [7, 11) is -3.94. The SMILES string of the molecule is O=C(NO)C(Cc1c[nH]c2ccccc12)NS(=O)(=O)c1ccc(Br)cc1. The monoisotopic (exact) mass is 437 g/mol. The topological polar surface area (TPSA) is 111 Å². The number of halogens is 1. The Morgan fingerprint density at radius 2 is 1.85 bits per heavy atom. The molecule has 1 aromatic heterocycles. The zero-order chi connectivity index (χ0) is 18.7. The minimum atomic E-state index is -3.94. The molecule has 0 fully saturated rings. The Kier molecular flexibility index (Phi) is 5.42. The van der Waals surface area contributed by atoms with E-state index in [2.05, 4.69) is 25.6 Å².